The lowest BCUT2D eigenvalue weighted by Gasteiger charge is -2.15. The minimum atomic E-state index is -0.163. The maximum atomic E-state index is 11.9. The van der Waals surface area contributed by atoms with E-state index in [1.807, 2.05) is 25.9 Å². The van der Waals surface area contributed by atoms with Crippen molar-refractivity contribution in [2.75, 3.05) is 40.0 Å². The summed E-state index contributed by atoms with van der Waals surface area (Å²) >= 11 is 1.17. The molecule has 22 heavy (non-hydrogen) atoms. The van der Waals surface area contributed by atoms with Gasteiger partial charge in [0.05, 0.1) is 18.8 Å². The number of nitrogens with zero attached hydrogens (tertiary/aromatic N) is 4. The van der Waals surface area contributed by atoms with Gasteiger partial charge in [-0.15, -0.1) is 10.2 Å². The van der Waals surface area contributed by atoms with Crippen LogP contribution in [0.2, 0.25) is 0 Å². The van der Waals surface area contributed by atoms with Crippen LogP contribution in [-0.4, -0.2) is 71.8 Å². The fourth-order valence-corrected chi connectivity index (χ4v) is 2.21. The fourth-order valence-electron chi connectivity index (χ4n) is 1.49. The molecule has 124 valence electrons. The Balaban J connectivity index is 2.35. The molecular formula is C13H23N5O3S. The van der Waals surface area contributed by atoms with E-state index < -0.39 is 0 Å². The van der Waals surface area contributed by atoms with E-state index in [0.717, 1.165) is 6.42 Å². The Bertz CT molecular complexity index is 492. The number of carbonyl (C=O) groups is 2. The Labute approximate surface area is 134 Å². The summed E-state index contributed by atoms with van der Waals surface area (Å²) in [5.74, 6) is 0.339. The molecule has 1 aromatic rings. The predicted molar refractivity (Wildman–Crippen MR) is 83.4 cm³/mol. The lowest BCUT2D eigenvalue weighted by molar-refractivity contribution is -0.132. The SMILES string of the molecule is CCCNC(=O)CN(C)C(=O)CSc1nnc(CN(C)C)o1. The van der Waals surface area contributed by atoms with E-state index in [9.17, 15) is 9.59 Å². The molecule has 1 N–H and O–H groups in total. The van der Waals surface area contributed by atoms with Crippen LogP contribution in [0, 0.1) is 0 Å². The molecule has 0 bridgehead atoms. The summed E-state index contributed by atoms with van der Waals surface area (Å²) in [5.41, 5.74) is 0. The first-order valence-electron chi connectivity index (χ1n) is 7.03. The van der Waals surface area contributed by atoms with Crippen LogP contribution < -0.4 is 5.32 Å². The number of carbonyl (C=O) groups excluding carboxylic acids is 2. The Hall–Kier alpha value is -1.61. The van der Waals surface area contributed by atoms with Crippen molar-refractivity contribution in [1.82, 2.24) is 25.3 Å². The minimum absolute atomic E-state index is 0.0507. The number of hydrogen-bond acceptors (Lipinski definition) is 7. The molecule has 0 aromatic carbocycles. The van der Waals surface area contributed by atoms with E-state index in [4.69, 9.17) is 4.42 Å². The average Bonchev–Trinajstić information content (AvgIpc) is 2.89. The predicted octanol–water partition coefficient (Wildman–Crippen LogP) is 0.208. The highest BCUT2D eigenvalue weighted by molar-refractivity contribution is 7.99. The Kier molecular flexibility index (Phi) is 7.89. The number of hydrogen-bond donors (Lipinski definition) is 1. The second kappa shape index (κ2) is 9.42. The Morgan fingerprint density at radius 3 is 2.64 bits per heavy atom. The first-order valence-corrected chi connectivity index (χ1v) is 8.01. The lowest BCUT2D eigenvalue weighted by atomic mass is 10.4. The molecule has 9 heteroatoms. The maximum Gasteiger partial charge on any atom is 0.277 e. The Morgan fingerprint density at radius 1 is 1.27 bits per heavy atom. The summed E-state index contributed by atoms with van der Waals surface area (Å²) in [4.78, 5) is 26.8. The third-order valence-corrected chi connectivity index (χ3v) is 3.40. The van der Waals surface area contributed by atoms with Gasteiger partial charge in [-0.3, -0.25) is 9.59 Å². The largest absolute Gasteiger partial charge is 0.415 e. The van der Waals surface area contributed by atoms with Crippen molar-refractivity contribution < 1.29 is 14.0 Å². The zero-order chi connectivity index (χ0) is 16.5. The van der Waals surface area contributed by atoms with Gasteiger partial charge in [-0.1, -0.05) is 18.7 Å². The van der Waals surface area contributed by atoms with Gasteiger partial charge in [0.2, 0.25) is 17.7 Å². The van der Waals surface area contributed by atoms with E-state index in [2.05, 4.69) is 15.5 Å². The van der Waals surface area contributed by atoms with E-state index in [1.54, 1.807) is 7.05 Å². The second-order valence-electron chi connectivity index (χ2n) is 5.09. The van der Waals surface area contributed by atoms with E-state index in [0.29, 0.717) is 24.2 Å². The zero-order valence-corrected chi connectivity index (χ0v) is 14.3. The maximum absolute atomic E-state index is 11.9. The van der Waals surface area contributed by atoms with Crippen molar-refractivity contribution in [3.05, 3.63) is 5.89 Å². The number of rotatable bonds is 9. The van der Waals surface area contributed by atoms with Gasteiger partial charge in [-0.2, -0.15) is 0 Å². The first-order chi connectivity index (χ1) is 10.4. The molecule has 0 aliphatic rings. The molecule has 0 aliphatic heterocycles. The highest BCUT2D eigenvalue weighted by Crippen LogP contribution is 2.16. The van der Waals surface area contributed by atoms with Crippen molar-refractivity contribution in [3.8, 4) is 0 Å². The molecule has 0 unspecified atom stereocenters. The number of aromatic nitrogens is 2. The van der Waals surface area contributed by atoms with Crippen molar-refractivity contribution >= 4 is 23.6 Å². The molecule has 8 nitrogen and oxygen atoms in total. The summed E-state index contributed by atoms with van der Waals surface area (Å²) in [6.07, 6.45) is 0.867. The summed E-state index contributed by atoms with van der Waals surface area (Å²) in [7, 11) is 5.40. The van der Waals surface area contributed by atoms with Crippen LogP contribution >= 0.6 is 11.8 Å². The van der Waals surface area contributed by atoms with Gasteiger partial charge in [-0.25, -0.2) is 0 Å². The van der Waals surface area contributed by atoms with E-state index in [1.165, 1.54) is 16.7 Å². The van der Waals surface area contributed by atoms with Crippen LogP contribution in [0.5, 0.6) is 0 Å². The quantitative estimate of drug-likeness (QED) is 0.647. The van der Waals surface area contributed by atoms with Crippen LogP contribution in [0.25, 0.3) is 0 Å². The fraction of sp³-hybridized carbons (Fsp3) is 0.692. The van der Waals surface area contributed by atoms with Crippen LogP contribution in [-0.2, 0) is 16.1 Å². The van der Waals surface area contributed by atoms with Crippen molar-refractivity contribution in [3.63, 3.8) is 0 Å². The molecule has 0 aliphatic carbocycles. The lowest BCUT2D eigenvalue weighted by Crippen LogP contribution is -2.39. The molecule has 0 radical (unpaired) electrons. The number of likely N-dealkylation sites (N-methyl/N-ethyl adjacent to an activating group) is 1. The normalized spacial score (nSPS) is 10.8. The number of thioether (sulfide) groups is 1. The van der Waals surface area contributed by atoms with Gasteiger partial charge in [0.15, 0.2) is 0 Å². The molecule has 1 aromatic heterocycles. The second-order valence-corrected chi connectivity index (χ2v) is 6.01. The first kappa shape index (κ1) is 18.4. The summed E-state index contributed by atoms with van der Waals surface area (Å²) in [6.45, 7) is 3.20. The minimum Gasteiger partial charge on any atom is -0.415 e. The van der Waals surface area contributed by atoms with Gasteiger partial charge in [0, 0.05) is 13.6 Å². The molecule has 0 atom stereocenters. The standard InChI is InChI=1S/C13H23N5O3S/c1-5-6-14-10(19)7-18(4)12(20)9-22-13-16-15-11(21-13)8-17(2)3/h5-9H2,1-4H3,(H,14,19). The summed E-state index contributed by atoms with van der Waals surface area (Å²) in [6, 6.07) is 0. The molecular weight excluding hydrogens is 306 g/mol. The van der Waals surface area contributed by atoms with Gasteiger partial charge >= 0.3 is 0 Å². The van der Waals surface area contributed by atoms with Crippen molar-refractivity contribution in [2.24, 2.45) is 0 Å². The Morgan fingerprint density at radius 2 is 2.00 bits per heavy atom. The van der Waals surface area contributed by atoms with Crippen LogP contribution in [0.15, 0.2) is 9.64 Å². The molecule has 1 heterocycles. The molecule has 2 amide bonds. The monoisotopic (exact) mass is 329 g/mol. The summed E-state index contributed by atoms with van der Waals surface area (Å²) < 4.78 is 5.41. The van der Waals surface area contributed by atoms with Gasteiger partial charge in [0.25, 0.3) is 5.22 Å². The van der Waals surface area contributed by atoms with Gasteiger partial charge in [0.1, 0.15) is 0 Å². The van der Waals surface area contributed by atoms with E-state index >= 15 is 0 Å². The number of amides is 2. The third-order valence-electron chi connectivity index (χ3n) is 2.60. The van der Waals surface area contributed by atoms with Gasteiger partial charge in [-0.05, 0) is 20.5 Å². The topological polar surface area (TPSA) is 91.6 Å². The van der Waals surface area contributed by atoms with E-state index in [-0.39, 0.29) is 24.1 Å². The summed E-state index contributed by atoms with van der Waals surface area (Å²) in [5, 5.41) is 10.8. The molecule has 0 saturated carbocycles. The average molecular weight is 329 g/mol. The highest BCUT2D eigenvalue weighted by atomic mass is 32.2. The smallest absolute Gasteiger partial charge is 0.277 e. The third kappa shape index (κ3) is 6.90. The highest BCUT2D eigenvalue weighted by Gasteiger charge is 2.15. The van der Waals surface area contributed by atoms with Crippen LogP contribution in [0.3, 0.4) is 0 Å². The van der Waals surface area contributed by atoms with Crippen LogP contribution in [0.4, 0.5) is 0 Å². The molecule has 1 rings (SSSR count). The van der Waals surface area contributed by atoms with Crippen molar-refractivity contribution in [1.29, 1.82) is 0 Å². The number of nitrogens with one attached hydrogen (secondary N) is 1. The van der Waals surface area contributed by atoms with Gasteiger partial charge < -0.3 is 19.5 Å². The molecule has 0 spiro atoms. The van der Waals surface area contributed by atoms with Crippen molar-refractivity contribution in [2.45, 2.75) is 25.1 Å². The molecule has 0 saturated heterocycles. The molecule has 0 fully saturated rings. The zero-order valence-electron chi connectivity index (χ0n) is 13.5. The van der Waals surface area contributed by atoms with Crippen LogP contribution in [0.1, 0.15) is 19.2 Å².